The summed E-state index contributed by atoms with van der Waals surface area (Å²) in [4.78, 5) is 12.1. The lowest BCUT2D eigenvalue weighted by Crippen LogP contribution is -2.26. The molecule has 7 heteroatoms. The zero-order valence-electron chi connectivity index (χ0n) is 11.4. The maximum atomic E-state index is 12.1. The van der Waals surface area contributed by atoms with Crippen LogP contribution in [0.5, 0.6) is 0 Å². The highest BCUT2D eigenvalue weighted by Crippen LogP contribution is 2.27. The van der Waals surface area contributed by atoms with Gasteiger partial charge in [0.05, 0.1) is 10.5 Å². The number of hydrogen-bond acceptors (Lipinski definition) is 3. The first kappa shape index (κ1) is 16.8. The van der Waals surface area contributed by atoms with E-state index >= 15 is 0 Å². The zero-order valence-corrected chi connectivity index (χ0v) is 14.6. The van der Waals surface area contributed by atoms with Crippen LogP contribution in [-0.2, 0) is 9.05 Å². The lowest BCUT2D eigenvalue weighted by molar-refractivity contribution is 0.0950. The standard InChI is InChI=1S/C14H17BrClNO3S/c15-13-6-5-11(21(16,19)20)9-12(13)14(18)17-8-7-10-3-1-2-4-10/h5-6,9-10H,1-4,7-8H2,(H,17,18). The number of benzene rings is 1. The van der Waals surface area contributed by atoms with Gasteiger partial charge in [-0.3, -0.25) is 4.79 Å². The van der Waals surface area contributed by atoms with Gasteiger partial charge in [0, 0.05) is 21.7 Å². The Bertz CT molecular complexity index is 627. The van der Waals surface area contributed by atoms with Crippen molar-refractivity contribution < 1.29 is 13.2 Å². The Morgan fingerprint density at radius 3 is 2.62 bits per heavy atom. The fourth-order valence-corrected chi connectivity index (χ4v) is 3.82. The summed E-state index contributed by atoms with van der Waals surface area (Å²) < 4.78 is 23.2. The van der Waals surface area contributed by atoms with Crippen molar-refractivity contribution in [3.63, 3.8) is 0 Å². The second-order valence-corrected chi connectivity index (χ2v) is 8.69. The van der Waals surface area contributed by atoms with Crippen LogP contribution in [0.1, 0.15) is 42.5 Å². The average molecular weight is 395 g/mol. The molecule has 1 N–H and O–H groups in total. The van der Waals surface area contributed by atoms with Crippen molar-refractivity contribution >= 4 is 41.6 Å². The molecule has 0 spiro atoms. The first-order chi connectivity index (χ1) is 9.88. The molecule has 4 nitrogen and oxygen atoms in total. The highest BCUT2D eigenvalue weighted by atomic mass is 79.9. The molecule has 2 rings (SSSR count). The minimum Gasteiger partial charge on any atom is -0.352 e. The Labute approximate surface area is 137 Å². The van der Waals surface area contributed by atoms with E-state index in [9.17, 15) is 13.2 Å². The highest BCUT2D eigenvalue weighted by molar-refractivity contribution is 9.10. The Morgan fingerprint density at radius 1 is 1.33 bits per heavy atom. The van der Waals surface area contributed by atoms with Gasteiger partial charge in [-0.25, -0.2) is 8.42 Å². The fraction of sp³-hybridized carbons (Fsp3) is 0.500. The third-order valence-corrected chi connectivity index (χ3v) is 5.82. The zero-order chi connectivity index (χ0) is 15.5. The van der Waals surface area contributed by atoms with E-state index in [2.05, 4.69) is 21.2 Å². The van der Waals surface area contributed by atoms with Crippen LogP contribution in [0.3, 0.4) is 0 Å². The van der Waals surface area contributed by atoms with Crippen LogP contribution in [0, 0.1) is 5.92 Å². The third-order valence-electron chi connectivity index (χ3n) is 3.78. The van der Waals surface area contributed by atoms with Crippen molar-refractivity contribution in [2.45, 2.75) is 37.0 Å². The number of hydrogen-bond donors (Lipinski definition) is 1. The van der Waals surface area contributed by atoms with Crippen molar-refractivity contribution in [2.24, 2.45) is 5.92 Å². The second-order valence-electron chi connectivity index (χ2n) is 5.27. The molecule has 0 bridgehead atoms. The van der Waals surface area contributed by atoms with Crippen LogP contribution >= 0.6 is 26.6 Å². The van der Waals surface area contributed by atoms with E-state index in [4.69, 9.17) is 10.7 Å². The number of carbonyl (C=O) groups is 1. The van der Waals surface area contributed by atoms with Gasteiger partial charge in [0.15, 0.2) is 0 Å². The lowest BCUT2D eigenvalue weighted by Gasteiger charge is -2.11. The third kappa shape index (κ3) is 4.69. The SMILES string of the molecule is O=C(NCCC1CCCC1)c1cc(S(=O)(=O)Cl)ccc1Br. The molecule has 0 saturated heterocycles. The van der Waals surface area contributed by atoms with Gasteiger partial charge in [-0.05, 0) is 46.5 Å². The lowest BCUT2D eigenvalue weighted by atomic mass is 10.0. The van der Waals surface area contributed by atoms with E-state index in [0.717, 1.165) is 6.42 Å². The van der Waals surface area contributed by atoms with Gasteiger partial charge < -0.3 is 5.32 Å². The Balaban J connectivity index is 2.01. The van der Waals surface area contributed by atoms with Crippen LogP contribution in [0.25, 0.3) is 0 Å². The number of halogens is 2. The summed E-state index contributed by atoms with van der Waals surface area (Å²) in [5.74, 6) is 0.408. The molecule has 1 aliphatic carbocycles. The number of amides is 1. The highest BCUT2D eigenvalue weighted by Gasteiger charge is 2.18. The Kier molecular flexibility index (Phi) is 5.68. The van der Waals surface area contributed by atoms with Crippen molar-refractivity contribution in [2.75, 3.05) is 6.54 Å². The van der Waals surface area contributed by atoms with Crippen LogP contribution in [0.2, 0.25) is 0 Å². The summed E-state index contributed by atoms with van der Waals surface area (Å²) in [6.45, 7) is 0.605. The fourth-order valence-electron chi connectivity index (χ4n) is 2.61. The molecular formula is C14H17BrClNO3S. The van der Waals surface area contributed by atoms with Crippen molar-refractivity contribution in [3.05, 3.63) is 28.2 Å². The Hall–Kier alpha value is -0.590. The molecule has 1 aliphatic rings. The quantitative estimate of drug-likeness (QED) is 0.775. The molecule has 0 unspecified atom stereocenters. The van der Waals surface area contributed by atoms with Gasteiger partial charge in [-0.15, -0.1) is 0 Å². The minimum absolute atomic E-state index is 0.0756. The number of nitrogens with one attached hydrogen (secondary N) is 1. The van der Waals surface area contributed by atoms with E-state index in [1.54, 1.807) is 0 Å². The minimum atomic E-state index is -3.84. The predicted molar refractivity (Wildman–Crippen MR) is 86.1 cm³/mol. The average Bonchev–Trinajstić information content (AvgIpc) is 2.91. The van der Waals surface area contributed by atoms with Crippen LogP contribution in [0.4, 0.5) is 0 Å². The van der Waals surface area contributed by atoms with Crippen molar-refractivity contribution in [3.8, 4) is 0 Å². The van der Waals surface area contributed by atoms with Crippen molar-refractivity contribution in [1.82, 2.24) is 5.32 Å². The molecule has 0 atom stereocenters. The van der Waals surface area contributed by atoms with Gasteiger partial charge in [0.2, 0.25) is 0 Å². The van der Waals surface area contributed by atoms with Crippen LogP contribution in [-0.4, -0.2) is 20.9 Å². The molecule has 0 radical (unpaired) electrons. The maximum Gasteiger partial charge on any atom is 0.261 e. The topological polar surface area (TPSA) is 63.2 Å². The summed E-state index contributed by atoms with van der Waals surface area (Å²) in [6.07, 6.45) is 6.00. The molecule has 0 aliphatic heterocycles. The molecule has 1 aromatic rings. The van der Waals surface area contributed by atoms with Gasteiger partial charge >= 0.3 is 0 Å². The van der Waals surface area contributed by atoms with Gasteiger partial charge in [0.25, 0.3) is 15.0 Å². The van der Waals surface area contributed by atoms with E-state index in [1.807, 2.05) is 0 Å². The predicted octanol–water partition coefficient (Wildman–Crippen LogP) is 3.69. The molecule has 0 aromatic heterocycles. The first-order valence-corrected chi connectivity index (χ1v) is 10.0. The Morgan fingerprint density at radius 2 is 2.00 bits per heavy atom. The van der Waals surface area contributed by atoms with Crippen molar-refractivity contribution in [1.29, 1.82) is 0 Å². The molecule has 0 heterocycles. The summed E-state index contributed by atoms with van der Waals surface area (Å²) in [6, 6.07) is 4.17. The van der Waals surface area contributed by atoms with Crippen LogP contribution < -0.4 is 5.32 Å². The maximum absolute atomic E-state index is 12.1. The van der Waals surface area contributed by atoms with Gasteiger partial charge in [-0.1, -0.05) is 25.7 Å². The molecule has 1 aromatic carbocycles. The second kappa shape index (κ2) is 7.11. The molecule has 21 heavy (non-hydrogen) atoms. The largest absolute Gasteiger partial charge is 0.352 e. The first-order valence-electron chi connectivity index (χ1n) is 6.90. The van der Waals surface area contributed by atoms with E-state index in [1.165, 1.54) is 43.9 Å². The molecule has 1 amide bonds. The molecule has 1 fully saturated rings. The van der Waals surface area contributed by atoms with E-state index < -0.39 is 9.05 Å². The monoisotopic (exact) mass is 393 g/mol. The van der Waals surface area contributed by atoms with Gasteiger partial charge in [0.1, 0.15) is 0 Å². The summed E-state index contributed by atoms with van der Waals surface area (Å²) in [7, 11) is 1.47. The van der Waals surface area contributed by atoms with Gasteiger partial charge in [-0.2, -0.15) is 0 Å². The van der Waals surface area contributed by atoms with E-state index in [0.29, 0.717) is 16.9 Å². The summed E-state index contributed by atoms with van der Waals surface area (Å²) >= 11 is 3.26. The number of rotatable bonds is 5. The normalized spacial score (nSPS) is 16.1. The van der Waals surface area contributed by atoms with E-state index in [-0.39, 0.29) is 16.4 Å². The molecule has 116 valence electrons. The molecule has 1 saturated carbocycles. The summed E-state index contributed by atoms with van der Waals surface area (Å²) in [5.41, 5.74) is 0.281. The summed E-state index contributed by atoms with van der Waals surface area (Å²) in [5, 5.41) is 2.84. The number of carbonyl (C=O) groups excluding carboxylic acids is 1. The smallest absolute Gasteiger partial charge is 0.261 e. The van der Waals surface area contributed by atoms with Crippen LogP contribution in [0.15, 0.2) is 27.6 Å². The molecular weight excluding hydrogens is 378 g/mol.